The maximum atomic E-state index is 13.4. The Morgan fingerprint density at radius 3 is 2.20 bits per heavy atom. The highest BCUT2D eigenvalue weighted by Gasteiger charge is 2.72. The summed E-state index contributed by atoms with van der Waals surface area (Å²) >= 11 is 0. The Morgan fingerprint density at radius 1 is 0.935 bits per heavy atom. The molecule has 6 atom stereocenters. The molecule has 0 heterocycles. The lowest BCUT2D eigenvalue weighted by molar-refractivity contribution is -0.355. The number of hydrogen-bond donors (Lipinski definition) is 2. The summed E-state index contributed by atoms with van der Waals surface area (Å²) in [6, 6.07) is 5.85. The number of phenols is 1. The first-order valence-corrected chi connectivity index (χ1v) is 17.1. The van der Waals surface area contributed by atoms with E-state index in [1.165, 1.54) is 11.1 Å². The Bertz CT molecular complexity index is 1170. The lowest BCUT2D eigenvalue weighted by Gasteiger charge is -2.60. The van der Waals surface area contributed by atoms with Crippen molar-refractivity contribution in [3.8, 4) is 5.75 Å². The molecule has 46 heavy (non-hydrogen) atoms. The van der Waals surface area contributed by atoms with Crippen LogP contribution in [0, 0.1) is 22.7 Å². The summed E-state index contributed by atoms with van der Waals surface area (Å²) in [4.78, 5) is 2.14. The molecule has 1 aromatic rings. The summed E-state index contributed by atoms with van der Waals surface area (Å²) in [7, 11) is 1.97. The van der Waals surface area contributed by atoms with Crippen LogP contribution in [0.4, 0.5) is 30.7 Å². The standard InChI is InChI=1S/C36H52F7NO2/c1-4-33-20-18-25-23-27(45)14-15-28(25)31(33)26(24-32(2)29(33)16-17-30(32)46)13-9-5-7-11-21-44(3)22-12-8-6-10-19-34(37,38)35(39,40)36(41,42)43/h4,14-15,23,26,29-31,45-46H,1,5-13,16-22,24H2,2-3H3/t26-,29+,30-,31+,32-,33?/m0/s1. The van der Waals surface area contributed by atoms with Crippen molar-refractivity contribution in [3.05, 3.63) is 42.0 Å². The maximum absolute atomic E-state index is 13.4. The third-order valence-electron chi connectivity index (χ3n) is 11.8. The number of halogens is 7. The Labute approximate surface area is 269 Å². The number of aromatic hydroxyl groups is 1. The third-order valence-corrected chi connectivity index (χ3v) is 11.8. The molecule has 0 radical (unpaired) electrons. The van der Waals surface area contributed by atoms with E-state index in [9.17, 15) is 40.9 Å². The molecule has 0 bridgehead atoms. The summed E-state index contributed by atoms with van der Waals surface area (Å²) in [5.41, 5.74) is 2.39. The van der Waals surface area contributed by atoms with E-state index in [0.717, 1.165) is 70.8 Å². The number of benzene rings is 1. The molecule has 3 aliphatic rings. The van der Waals surface area contributed by atoms with Gasteiger partial charge < -0.3 is 15.1 Å². The van der Waals surface area contributed by atoms with Crippen molar-refractivity contribution < 1.29 is 40.9 Å². The molecule has 10 heteroatoms. The lowest BCUT2D eigenvalue weighted by Crippen LogP contribution is -2.54. The number of aliphatic hydroxyl groups is 1. The molecule has 2 fully saturated rings. The number of aliphatic hydroxyl groups excluding tert-OH is 1. The number of alkyl halides is 7. The molecule has 0 spiro atoms. The molecule has 262 valence electrons. The fourth-order valence-corrected chi connectivity index (χ4v) is 9.39. The summed E-state index contributed by atoms with van der Waals surface area (Å²) in [5, 5.41) is 21.3. The second-order valence-corrected chi connectivity index (χ2v) is 14.7. The van der Waals surface area contributed by atoms with Crippen LogP contribution >= 0.6 is 0 Å². The molecular weight excluding hydrogens is 611 g/mol. The summed E-state index contributed by atoms with van der Waals surface area (Å²) < 4.78 is 89.7. The molecule has 3 aliphatic carbocycles. The molecule has 2 saturated carbocycles. The summed E-state index contributed by atoms with van der Waals surface area (Å²) in [5.74, 6) is -9.67. The molecule has 0 amide bonds. The second-order valence-electron chi connectivity index (χ2n) is 14.7. The zero-order valence-electron chi connectivity index (χ0n) is 27.3. The van der Waals surface area contributed by atoms with Crippen molar-refractivity contribution in [2.24, 2.45) is 22.7 Å². The van der Waals surface area contributed by atoms with E-state index < -0.39 is 24.4 Å². The van der Waals surface area contributed by atoms with Crippen molar-refractivity contribution in [1.82, 2.24) is 4.90 Å². The zero-order chi connectivity index (χ0) is 34.0. The van der Waals surface area contributed by atoms with Gasteiger partial charge in [0.25, 0.3) is 0 Å². The predicted molar refractivity (Wildman–Crippen MR) is 166 cm³/mol. The fraction of sp³-hybridized carbons (Fsp3) is 0.778. The Hall–Kier alpha value is -1.81. The Kier molecular flexibility index (Phi) is 11.5. The number of allylic oxidation sites excluding steroid dienone is 1. The monoisotopic (exact) mass is 663 g/mol. The van der Waals surface area contributed by atoms with Crippen molar-refractivity contribution in [2.45, 2.75) is 133 Å². The van der Waals surface area contributed by atoms with E-state index in [4.69, 9.17) is 0 Å². The van der Waals surface area contributed by atoms with E-state index in [0.29, 0.717) is 42.9 Å². The average Bonchev–Trinajstić information content (AvgIpc) is 3.29. The number of rotatable bonds is 16. The molecule has 1 unspecified atom stereocenters. The number of hydrogen-bond acceptors (Lipinski definition) is 3. The third kappa shape index (κ3) is 7.28. The minimum atomic E-state index is -6.26. The second kappa shape index (κ2) is 14.4. The van der Waals surface area contributed by atoms with Gasteiger partial charge in [0.1, 0.15) is 5.75 Å². The van der Waals surface area contributed by atoms with Crippen molar-refractivity contribution in [3.63, 3.8) is 0 Å². The van der Waals surface area contributed by atoms with Crippen LogP contribution in [0.15, 0.2) is 30.9 Å². The van der Waals surface area contributed by atoms with E-state index in [-0.39, 0.29) is 29.8 Å². The SMILES string of the molecule is C=CC12CCc3cc(O)ccc3[C@H]1[C@@H](CCCCCCN(C)CCCCCCC(F)(F)C(F)(F)C(F)(F)F)C[C@]1(C)[C@@H](O)CC[C@@H]21. The van der Waals surface area contributed by atoms with Gasteiger partial charge in [-0.05, 0) is 130 Å². The quantitative estimate of drug-likeness (QED) is 0.105. The van der Waals surface area contributed by atoms with Crippen LogP contribution in [0.3, 0.4) is 0 Å². The van der Waals surface area contributed by atoms with Gasteiger partial charge in [-0.2, -0.15) is 30.7 Å². The minimum Gasteiger partial charge on any atom is -0.508 e. The van der Waals surface area contributed by atoms with E-state index in [1.54, 1.807) is 6.07 Å². The van der Waals surface area contributed by atoms with Crippen LogP contribution in [-0.2, 0) is 6.42 Å². The highest BCUT2D eigenvalue weighted by Crippen LogP contribution is 2.69. The number of nitrogens with zero attached hydrogens (tertiary/aromatic N) is 1. The fourth-order valence-electron chi connectivity index (χ4n) is 9.39. The number of fused-ring (bicyclic) bond motifs is 5. The van der Waals surface area contributed by atoms with Crippen LogP contribution < -0.4 is 0 Å². The van der Waals surface area contributed by atoms with E-state index >= 15 is 0 Å². The smallest absolute Gasteiger partial charge is 0.459 e. The van der Waals surface area contributed by atoms with Crippen LogP contribution in [-0.4, -0.2) is 59.4 Å². The average molecular weight is 664 g/mol. The minimum absolute atomic E-state index is 0.0587. The molecular formula is C36H52F7NO2. The highest BCUT2D eigenvalue weighted by atomic mass is 19.4. The molecule has 2 N–H and O–H groups in total. The zero-order valence-corrected chi connectivity index (χ0v) is 27.3. The molecule has 0 aromatic heterocycles. The van der Waals surface area contributed by atoms with Gasteiger partial charge in [-0.15, -0.1) is 6.58 Å². The van der Waals surface area contributed by atoms with Crippen LogP contribution in [0.25, 0.3) is 0 Å². The first-order valence-electron chi connectivity index (χ1n) is 17.1. The number of phenolic OH excluding ortho intramolecular Hbond substituents is 1. The van der Waals surface area contributed by atoms with Gasteiger partial charge in [-0.1, -0.05) is 51.2 Å². The maximum Gasteiger partial charge on any atom is 0.459 e. The van der Waals surface area contributed by atoms with Gasteiger partial charge in [-0.25, -0.2) is 0 Å². The van der Waals surface area contributed by atoms with Gasteiger partial charge in [0.15, 0.2) is 0 Å². The molecule has 0 saturated heterocycles. The van der Waals surface area contributed by atoms with E-state index in [1.807, 2.05) is 13.1 Å². The van der Waals surface area contributed by atoms with Gasteiger partial charge in [-0.3, -0.25) is 0 Å². The van der Waals surface area contributed by atoms with Gasteiger partial charge in [0.05, 0.1) is 6.10 Å². The van der Waals surface area contributed by atoms with Crippen molar-refractivity contribution in [2.75, 3.05) is 20.1 Å². The van der Waals surface area contributed by atoms with Gasteiger partial charge in [0, 0.05) is 6.42 Å². The lowest BCUT2D eigenvalue weighted by atomic mass is 9.44. The van der Waals surface area contributed by atoms with Crippen LogP contribution in [0.5, 0.6) is 5.75 Å². The topological polar surface area (TPSA) is 43.7 Å². The number of unbranched alkanes of at least 4 members (excludes halogenated alkanes) is 6. The molecule has 3 nitrogen and oxygen atoms in total. The molecule has 4 rings (SSSR count). The Morgan fingerprint density at radius 2 is 1.57 bits per heavy atom. The molecule has 0 aliphatic heterocycles. The van der Waals surface area contributed by atoms with Crippen molar-refractivity contribution in [1.29, 1.82) is 0 Å². The summed E-state index contributed by atoms with van der Waals surface area (Å²) in [6.07, 6.45) is 5.15. The first kappa shape index (κ1) is 37.0. The Balaban J connectivity index is 1.20. The van der Waals surface area contributed by atoms with Crippen molar-refractivity contribution >= 4 is 0 Å². The van der Waals surface area contributed by atoms with Gasteiger partial charge >= 0.3 is 18.0 Å². The van der Waals surface area contributed by atoms with E-state index in [2.05, 4.69) is 30.5 Å². The van der Waals surface area contributed by atoms with Crippen LogP contribution in [0.1, 0.15) is 114 Å². The van der Waals surface area contributed by atoms with Gasteiger partial charge in [0.2, 0.25) is 0 Å². The highest BCUT2D eigenvalue weighted by molar-refractivity contribution is 5.43. The summed E-state index contributed by atoms with van der Waals surface area (Å²) in [6.45, 7) is 8.23. The molecule has 1 aromatic carbocycles. The first-order chi connectivity index (χ1) is 21.5. The largest absolute Gasteiger partial charge is 0.508 e. The normalized spacial score (nSPS) is 29.8. The number of aryl methyl sites for hydroxylation is 1. The predicted octanol–water partition coefficient (Wildman–Crippen LogP) is 10.1. The van der Waals surface area contributed by atoms with Crippen LogP contribution in [0.2, 0.25) is 0 Å².